The van der Waals surface area contributed by atoms with E-state index in [1.54, 1.807) is 12.3 Å². The van der Waals surface area contributed by atoms with Crippen molar-refractivity contribution >= 4 is 17.6 Å². The van der Waals surface area contributed by atoms with Crippen LogP contribution in [0.25, 0.3) is 0 Å². The maximum atomic E-state index is 13.0. The fourth-order valence-electron chi connectivity index (χ4n) is 6.94. The number of aromatic nitrogens is 1. The summed E-state index contributed by atoms with van der Waals surface area (Å²) in [6.07, 6.45) is 9.93. The smallest absolute Gasteiger partial charge is 0.251 e. The van der Waals surface area contributed by atoms with Crippen LogP contribution in [0.4, 0.5) is 5.82 Å². The number of nitrogens with zero attached hydrogens (tertiary/aromatic N) is 1. The van der Waals surface area contributed by atoms with Crippen molar-refractivity contribution in [2.24, 2.45) is 23.7 Å². The molecule has 0 radical (unpaired) electrons. The van der Waals surface area contributed by atoms with Crippen molar-refractivity contribution in [1.82, 2.24) is 10.3 Å². The molecule has 5 heteroatoms. The van der Waals surface area contributed by atoms with E-state index in [0.29, 0.717) is 16.8 Å². The summed E-state index contributed by atoms with van der Waals surface area (Å²) in [5.41, 5.74) is 3.36. The van der Waals surface area contributed by atoms with Crippen molar-refractivity contribution < 1.29 is 9.59 Å². The molecule has 2 N–H and O–H groups in total. The number of hydrogen-bond donors (Lipinski definition) is 2. The van der Waals surface area contributed by atoms with Gasteiger partial charge < -0.3 is 10.6 Å². The second-order valence-electron chi connectivity index (χ2n) is 11.2. The second kappa shape index (κ2) is 8.58. The highest BCUT2D eigenvalue weighted by Gasteiger charge is 2.51. The summed E-state index contributed by atoms with van der Waals surface area (Å²) in [5.74, 6) is 2.67. The predicted octanol–water partition coefficient (Wildman–Crippen LogP) is 5.25. The number of carbonyl (C=O) groups is 2. The minimum absolute atomic E-state index is 0.0503. The second-order valence-corrected chi connectivity index (χ2v) is 11.2. The van der Waals surface area contributed by atoms with E-state index in [2.05, 4.69) is 27.8 Å². The Kier molecular flexibility index (Phi) is 5.75. The summed E-state index contributed by atoms with van der Waals surface area (Å²) in [5, 5.41) is 5.77. The van der Waals surface area contributed by atoms with E-state index in [1.165, 1.54) is 44.1 Å². The van der Waals surface area contributed by atoms with Crippen molar-refractivity contribution in [2.45, 2.75) is 70.8 Å². The highest BCUT2D eigenvalue weighted by Crippen LogP contribution is 2.60. The Morgan fingerprint density at radius 2 is 1.55 bits per heavy atom. The molecule has 4 fully saturated rings. The van der Waals surface area contributed by atoms with Gasteiger partial charge in [-0.15, -0.1) is 0 Å². The van der Waals surface area contributed by atoms with Crippen LogP contribution in [0.5, 0.6) is 0 Å². The number of anilines is 1. The van der Waals surface area contributed by atoms with Gasteiger partial charge in [0.25, 0.3) is 5.91 Å². The van der Waals surface area contributed by atoms with Crippen LogP contribution in [0, 0.1) is 30.6 Å². The minimum Gasteiger partial charge on any atom is -0.340 e. The van der Waals surface area contributed by atoms with Gasteiger partial charge in [-0.2, -0.15) is 0 Å². The monoisotopic (exact) mass is 445 g/mol. The van der Waals surface area contributed by atoms with Gasteiger partial charge in [-0.1, -0.05) is 32.0 Å². The predicted molar refractivity (Wildman–Crippen MR) is 130 cm³/mol. The van der Waals surface area contributed by atoms with Crippen molar-refractivity contribution in [1.29, 1.82) is 0 Å². The quantitative estimate of drug-likeness (QED) is 0.638. The molecule has 4 aliphatic carbocycles. The van der Waals surface area contributed by atoms with Crippen LogP contribution >= 0.6 is 0 Å². The Morgan fingerprint density at radius 3 is 2.06 bits per heavy atom. The topological polar surface area (TPSA) is 71.1 Å². The Balaban J connectivity index is 1.26. The van der Waals surface area contributed by atoms with Gasteiger partial charge in [0.15, 0.2) is 0 Å². The zero-order chi connectivity index (χ0) is 23.2. The number of amides is 2. The Morgan fingerprint density at radius 1 is 0.939 bits per heavy atom. The van der Waals surface area contributed by atoms with E-state index in [9.17, 15) is 9.59 Å². The van der Waals surface area contributed by atoms with Gasteiger partial charge >= 0.3 is 0 Å². The van der Waals surface area contributed by atoms with Crippen LogP contribution in [0.3, 0.4) is 0 Å². The molecule has 2 amide bonds. The molecule has 0 saturated heterocycles. The summed E-state index contributed by atoms with van der Waals surface area (Å²) >= 11 is 0. The molecule has 1 unspecified atom stereocenters. The number of pyridine rings is 1. The van der Waals surface area contributed by atoms with Gasteiger partial charge in [-0.3, -0.25) is 9.59 Å². The zero-order valence-electron chi connectivity index (χ0n) is 19.9. The van der Waals surface area contributed by atoms with Crippen molar-refractivity contribution in [3.05, 3.63) is 59.3 Å². The maximum Gasteiger partial charge on any atom is 0.251 e. The van der Waals surface area contributed by atoms with Crippen LogP contribution in [0.1, 0.15) is 73.9 Å². The number of benzene rings is 1. The molecule has 4 bridgehead atoms. The highest BCUT2D eigenvalue weighted by molar-refractivity contribution is 6.01. The maximum absolute atomic E-state index is 13.0. The normalized spacial score (nSPS) is 28.5. The first-order valence-corrected chi connectivity index (χ1v) is 12.5. The third-order valence-corrected chi connectivity index (χ3v) is 8.20. The number of rotatable bonds is 6. The Labute approximate surface area is 196 Å². The van der Waals surface area contributed by atoms with Crippen LogP contribution in [0.15, 0.2) is 42.6 Å². The van der Waals surface area contributed by atoms with Gasteiger partial charge in [0, 0.05) is 11.8 Å². The highest BCUT2D eigenvalue weighted by atomic mass is 16.2. The van der Waals surface area contributed by atoms with Crippen molar-refractivity contribution in [3.8, 4) is 0 Å². The molecule has 1 aromatic heterocycles. The van der Waals surface area contributed by atoms with E-state index >= 15 is 0 Å². The van der Waals surface area contributed by atoms with Gasteiger partial charge in [-0.05, 0) is 104 Å². The van der Waals surface area contributed by atoms with Gasteiger partial charge in [0.2, 0.25) is 5.91 Å². The van der Waals surface area contributed by atoms with Gasteiger partial charge in [0.1, 0.15) is 11.9 Å². The average molecular weight is 446 g/mol. The number of hydrogen-bond acceptors (Lipinski definition) is 3. The first-order chi connectivity index (χ1) is 15.8. The fraction of sp³-hybridized carbons (Fsp3) is 0.536. The summed E-state index contributed by atoms with van der Waals surface area (Å²) in [4.78, 5) is 30.1. The lowest BCUT2D eigenvalue weighted by atomic mass is 9.48. The molecule has 4 saturated carbocycles. The molecule has 1 atom stereocenters. The Bertz CT molecular complexity index is 991. The minimum atomic E-state index is -0.636. The van der Waals surface area contributed by atoms with E-state index < -0.39 is 6.04 Å². The summed E-state index contributed by atoms with van der Waals surface area (Å²) in [6.45, 7) is 5.82. The lowest BCUT2D eigenvalue weighted by Crippen LogP contribution is -2.48. The molecular formula is C28H35N3O2. The van der Waals surface area contributed by atoms with E-state index in [4.69, 9.17) is 0 Å². The summed E-state index contributed by atoms with van der Waals surface area (Å²) in [6, 6.07) is 11.3. The number of carbonyl (C=O) groups excluding carboxylic acids is 2. The van der Waals surface area contributed by atoms with Crippen LogP contribution in [-0.2, 0) is 10.2 Å². The Hall–Kier alpha value is -2.69. The molecule has 6 rings (SSSR count). The largest absolute Gasteiger partial charge is 0.340 e. The average Bonchev–Trinajstić information content (AvgIpc) is 2.78. The molecule has 33 heavy (non-hydrogen) atoms. The molecule has 2 aromatic rings. The van der Waals surface area contributed by atoms with Gasteiger partial charge in [-0.25, -0.2) is 4.98 Å². The molecule has 1 heterocycles. The third kappa shape index (κ3) is 4.42. The number of aryl methyl sites for hydroxylation is 1. The van der Waals surface area contributed by atoms with Crippen molar-refractivity contribution in [3.63, 3.8) is 0 Å². The molecule has 1 aromatic carbocycles. The first-order valence-electron chi connectivity index (χ1n) is 12.5. The fourth-order valence-corrected chi connectivity index (χ4v) is 6.94. The molecule has 5 nitrogen and oxygen atoms in total. The lowest BCUT2D eigenvalue weighted by Gasteiger charge is -2.57. The molecule has 174 valence electrons. The molecule has 0 aliphatic heterocycles. The SMILES string of the molecule is Cc1ccc(NC(=O)C(NC(=O)c2ccc(C34CC5CC(CC(C5)C3)C4)cc2)C(C)C)nc1. The van der Waals surface area contributed by atoms with E-state index in [0.717, 1.165) is 23.3 Å². The lowest BCUT2D eigenvalue weighted by molar-refractivity contribution is -0.118. The van der Waals surface area contributed by atoms with Crippen LogP contribution < -0.4 is 10.6 Å². The molecular weight excluding hydrogens is 410 g/mol. The van der Waals surface area contributed by atoms with Gasteiger partial charge in [0.05, 0.1) is 0 Å². The van der Waals surface area contributed by atoms with Crippen LogP contribution in [-0.4, -0.2) is 22.8 Å². The van der Waals surface area contributed by atoms with E-state index in [1.807, 2.05) is 39.0 Å². The molecule has 0 spiro atoms. The van der Waals surface area contributed by atoms with E-state index in [-0.39, 0.29) is 17.7 Å². The standard InChI is InChI=1S/C28H35N3O2/c1-17(2)25(27(33)30-24-9-4-18(3)16-29-24)31-26(32)22-5-7-23(8-6-22)28-13-19-10-20(14-28)12-21(11-19)15-28/h4-9,16-17,19-21,25H,10-15H2,1-3H3,(H,31,32)(H,29,30,33). The summed E-state index contributed by atoms with van der Waals surface area (Å²) in [7, 11) is 0. The zero-order valence-corrected chi connectivity index (χ0v) is 19.9. The summed E-state index contributed by atoms with van der Waals surface area (Å²) < 4.78 is 0. The number of nitrogens with one attached hydrogen (secondary N) is 2. The van der Waals surface area contributed by atoms with Crippen molar-refractivity contribution in [2.75, 3.05) is 5.32 Å². The van der Waals surface area contributed by atoms with Crippen LogP contribution in [0.2, 0.25) is 0 Å². The first kappa shape index (κ1) is 22.1. The third-order valence-electron chi connectivity index (χ3n) is 8.20. The molecule has 4 aliphatic rings.